The minimum Gasteiger partial charge on any atom is -0.314 e. The van der Waals surface area contributed by atoms with Crippen LogP contribution in [0.4, 0.5) is 4.39 Å². The second-order valence-corrected chi connectivity index (χ2v) is 5.56. The van der Waals surface area contributed by atoms with E-state index in [9.17, 15) is 9.18 Å². The third-order valence-electron chi connectivity index (χ3n) is 3.57. The van der Waals surface area contributed by atoms with Crippen molar-refractivity contribution in [2.45, 2.75) is 44.6 Å². The number of Topliss-reactive ketones (excluding diaryl/α,β-unsaturated/α-hetero) is 1. The zero-order valence-electron chi connectivity index (χ0n) is 10.9. The van der Waals surface area contributed by atoms with Crippen LogP contribution < -0.4 is 5.32 Å². The summed E-state index contributed by atoms with van der Waals surface area (Å²) in [6.07, 6.45) is 5.46. The second kappa shape index (κ2) is 7.01. The molecule has 0 aromatic heterocycles. The van der Waals surface area contributed by atoms with E-state index in [1.54, 1.807) is 6.07 Å². The van der Waals surface area contributed by atoms with Crippen LogP contribution in [-0.2, 0) is 11.2 Å². The monoisotopic (exact) mass is 283 g/mol. The summed E-state index contributed by atoms with van der Waals surface area (Å²) in [6.45, 7) is 1.06. The van der Waals surface area contributed by atoms with Gasteiger partial charge in [-0.25, -0.2) is 4.39 Å². The molecule has 1 atom stereocenters. The molecule has 1 heterocycles. The summed E-state index contributed by atoms with van der Waals surface area (Å²) in [5.74, 6) is -0.251. The maximum Gasteiger partial charge on any atom is 0.141 e. The summed E-state index contributed by atoms with van der Waals surface area (Å²) >= 11 is 5.70. The van der Waals surface area contributed by atoms with Crippen LogP contribution in [0, 0.1) is 5.82 Å². The molecule has 0 amide bonds. The fourth-order valence-electron chi connectivity index (χ4n) is 2.47. The summed E-state index contributed by atoms with van der Waals surface area (Å²) in [6, 6.07) is 4.95. The first-order chi connectivity index (χ1) is 9.15. The number of carbonyl (C=O) groups is 1. The van der Waals surface area contributed by atoms with E-state index in [0.29, 0.717) is 18.9 Å². The maximum atomic E-state index is 13.0. The third-order valence-corrected chi connectivity index (χ3v) is 3.86. The van der Waals surface area contributed by atoms with E-state index in [-0.39, 0.29) is 10.8 Å². The van der Waals surface area contributed by atoms with E-state index in [1.807, 2.05) is 0 Å². The molecule has 0 radical (unpaired) electrons. The summed E-state index contributed by atoms with van der Waals surface area (Å²) in [5, 5.41) is 3.51. The van der Waals surface area contributed by atoms with E-state index >= 15 is 0 Å². The topological polar surface area (TPSA) is 29.1 Å². The Labute approximate surface area is 118 Å². The van der Waals surface area contributed by atoms with Gasteiger partial charge in [0.25, 0.3) is 0 Å². The minimum atomic E-state index is -0.440. The lowest BCUT2D eigenvalue weighted by Gasteiger charge is -2.22. The van der Waals surface area contributed by atoms with E-state index in [4.69, 9.17) is 11.6 Å². The molecule has 0 saturated carbocycles. The average Bonchev–Trinajstić information content (AvgIpc) is 2.42. The average molecular weight is 284 g/mol. The summed E-state index contributed by atoms with van der Waals surface area (Å²) in [4.78, 5) is 11.9. The lowest BCUT2D eigenvalue weighted by molar-refractivity contribution is -0.118. The van der Waals surface area contributed by atoms with E-state index < -0.39 is 5.82 Å². The molecule has 1 aliphatic rings. The van der Waals surface area contributed by atoms with Crippen LogP contribution in [0.3, 0.4) is 0 Å². The van der Waals surface area contributed by atoms with Crippen molar-refractivity contribution in [2.24, 2.45) is 0 Å². The fourth-order valence-corrected chi connectivity index (χ4v) is 2.67. The SMILES string of the molecule is O=C(CCC1CCCCN1)Cc1ccc(F)c(Cl)c1. The van der Waals surface area contributed by atoms with Crippen molar-refractivity contribution in [1.29, 1.82) is 0 Å². The van der Waals surface area contributed by atoms with Crippen LogP contribution >= 0.6 is 11.6 Å². The number of hydrogen-bond donors (Lipinski definition) is 1. The van der Waals surface area contributed by atoms with Crippen molar-refractivity contribution < 1.29 is 9.18 Å². The van der Waals surface area contributed by atoms with Gasteiger partial charge in [0.15, 0.2) is 0 Å². The maximum absolute atomic E-state index is 13.0. The van der Waals surface area contributed by atoms with Gasteiger partial charge in [0.05, 0.1) is 5.02 Å². The van der Waals surface area contributed by atoms with Crippen molar-refractivity contribution in [2.75, 3.05) is 6.54 Å². The molecular formula is C15H19ClFNO. The quantitative estimate of drug-likeness (QED) is 0.896. The molecule has 0 bridgehead atoms. The van der Waals surface area contributed by atoms with Gasteiger partial charge < -0.3 is 5.32 Å². The molecule has 1 aromatic carbocycles. The number of benzene rings is 1. The Balaban J connectivity index is 1.78. The molecule has 1 aromatic rings. The van der Waals surface area contributed by atoms with Gasteiger partial charge in [0.2, 0.25) is 0 Å². The molecule has 1 unspecified atom stereocenters. The van der Waals surface area contributed by atoms with Gasteiger partial charge in [-0.1, -0.05) is 24.1 Å². The van der Waals surface area contributed by atoms with Crippen molar-refractivity contribution >= 4 is 17.4 Å². The first-order valence-electron chi connectivity index (χ1n) is 6.84. The molecule has 104 valence electrons. The van der Waals surface area contributed by atoms with Crippen LogP contribution in [0.5, 0.6) is 0 Å². The Morgan fingerprint density at radius 3 is 2.95 bits per heavy atom. The van der Waals surface area contributed by atoms with Crippen LogP contribution in [0.2, 0.25) is 5.02 Å². The molecule has 1 N–H and O–H groups in total. The highest BCUT2D eigenvalue weighted by molar-refractivity contribution is 6.30. The van der Waals surface area contributed by atoms with Gasteiger partial charge in [-0.05, 0) is 43.5 Å². The van der Waals surface area contributed by atoms with Gasteiger partial charge in [-0.3, -0.25) is 4.79 Å². The van der Waals surface area contributed by atoms with E-state index in [0.717, 1.165) is 24.9 Å². The highest BCUT2D eigenvalue weighted by Crippen LogP contribution is 2.17. The number of ketones is 1. The number of rotatable bonds is 5. The molecule has 1 saturated heterocycles. The van der Waals surface area contributed by atoms with Gasteiger partial charge in [-0.15, -0.1) is 0 Å². The second-order valence-electron chi connectivity index (χ2n) is 5.15. The van der Waals surface area contributed by atoms with Gasteiger partial charge in [0, 0.05) is 18.9 Å². The van der Waals surface area contributed by atoms with Crippen molar-refractivity contribution in [3.05, 3.63) is 34.6 Å². The zero-order valence-corrected chi connectivity index (χ0v) is 11.7. The lowest BCUT2D eigenvalue weighted by Crippen LogP contribution is -2.34. The van der Waals surface area contributed by atoms with Crippen molar-refractivity contribution in [1.82, 2.24) is 5.32 Å². The molecule has 1 fully saturated rings. The number of nitrogens with one attached hydrogen (secondary N) is 1. The van der Waals surface area contributed by atoms with E-state index in [2.05, 4.69) is 5.32 Å². The standard InChI is InChI=1S/C15H19ClFNO/c16-14-10-11(4-7-15(14)17)9-13(19)6-5-12-3-1-2-8-18-12/h4,7,10,12,18H,1-3,5-6,8-9H2. The van der Waals surface area contributed by atoms with Crippen LogP contribution in [0.1, 0.15) is 37.7 Å². The van der Waals surface area contributed by atoms with Crippen molar-refractivity contribution in [3.8, 4) is 0 Å². The van der Waals surface area contributed by atoms with E-state index in [1.165, 1.54) is 25.0 Å². The molecule has 2 rings (SSSR count). The Hall–Kier alpha value is -0.930. The normalized spacial score (nSPS) is 19.4. The van der Waals surface area contributed by atoms with Crippen LogP contribution in [-0.4, -0.2) is 18.4 Å². The highest BCUT2D eigenvalue weighted by atomic mass is 35.5. The molecule has 1 aliphatic heterocycles. The molecule has 2 nitrogen and oxygen atoms in total. The Morgan fingerprint density at radius 1 is 1.42 bits per heavy atom. The summed E-state index contributed by atoms with van der Waals surface area (Å²) in [7, 11) is 0. The van der Waals surface area contributed by atoms with Gasteiger partial charge in [-0.2, -0.15) is 0 Å². The smallest absolute Gasteiger partial charge is 0.141 e. The Bertz CT molecular complexity index is 444. The van der Waals surface area contributed by atoms with Crippen molar-refractivity contribution in [3.63, 3.8) is 0 Å². The van der Waals surface area contributed by atoms with Crippen LogP contribution in [0.15, 0.2) is 18.2 Å². The molecule has 0 aliphatic carbocycles. The van der Waals surface area contributed by atoms with Crippen LogP contribution in [0.25, 0.3) is 0 Å². The predicted molar refractivity (Wildman–Crippen MR) is 75.0 cm³/mol. The largest absolute Gasteiger partial charge is 0.314 e. The number of halogens is 2. The third kappa shape index (κ3) is 4.59. The Kier molecular flexibility index (Phi) is 5.34. The fraction of sp³-hybridized carbons (Fsp3) is 0.533. The predicted octanol–water partition coefficient (Wildman–Crippen LogP) is 3.51. The summed E-state index contributed by atoms with van der Waals surface area (Å²) in [5.41, 5.74) is 0.785. The Morgan fingerprint density at radius 2 is 2.26 bits per heavy atom. The summed E-state index contributed by atoms with van der Waals surface area (Å²) < 4.78 is 13.0. The van der Waals surface area contributed by atoms with Gasteiger partial charge >= 0.3 is 0 Å². The highest BCUT2D eigenvalue weighted by Gasteiger charge is 2.14. The minimum absolute atomic E-state index is 0.0826. The number of carbonyl (C=O) groups excluding carboxylic acids is 1. The first-order valence-corrected chi connectivity index (χ1v) is 7.22. The number of hydrogen-bond acceptors (Lipinski definition) is 2. The van der Waals surface area contributed by atoms with Gasteiger partial charge in [0.1, 0.15) is 11.6 Å². The molecule has 19 heavy (non-hydrogen) atoms. The molecular weight excluding hydrogens is 265 g/mol. The molecule has 0 spiro atoms. The molecule has 4 heteroatoms. The lowest BCUT2D eigenvalue weighted by atomic mass is 9.97. The number of piperidine rings is 1. The zero-order chi connectivity index (χ0) is 13.7. The first kappa shape index (κ1) is 14.5.